The van der Waals surface area contributed by atoms with Gasteiger partial charge in [-0.1, -0.05) is 36.4 Å². The average molecular weight is 327 g/mol. The number of hydrogen-bond donors (Lipinski definition) is 0. The topological polar surface area (TPSA) is 47.3 Å². The number of aromatic nitrogens is 3. The highest BCUT2D eigenvalue weighted by molar-refractivity contribution is 5.99. The summed E-state index contributed by atoms with van der Waals surface area (Å²) < 4.78 is 1.93. The molecule has 1 atom stereocenters. The van der Waals surface area contributed by atoms with Crippen molar-refractivity contribution in [1.82, 2.24) is 14.4 Å². The van der Waals surface area contributed by atoms with E-state index in [1.54, 1.807) is 0 Å². The number of para-hydroxylation sites is 2. The van der Waals surface area contributed by atoms with Crippen LogP contribution in [-0.2, 0) is 6.42 Å². The highest BCUT2D eigenvalue weighted by atomic mass is 16.1. The van der Waals surface area contributed by atoms with Gasteiger partial charge in [-0.05, 0) is 42.5 Å². The van der Waals surface area contributed by atoms with E-state index in [-0.39, 0.29) is 11.7 Å². The zero-order valence-corrected chi connectivity index (χ0v) is 13.9. The van der Waals surface area contributed by atoms with Crippen molar-refractivity contribution in [1.29, 1.82) is 0 Å². The van der Waals surface area contributed by atoms with Crippen LogP contribution in [0.15, 0.2) is 54.7 Å². The molecule has 25 heavy (non-hydrogen) atoms. The van der Waals surface area contributed by atoms with Crippen molar-refractivity contribution in [3.63, 3.8) is 0 Å². The normalized spacial score (nSPS) is 17.2. The van der Waals surface area contributed by atoms with E-state index in [2.05, 4.69) is 24.0 Å². The highest BCUT2D eigenvalue weighted by Crippen LogP contribution is 2.34. The van der Waals surface area contributed by atoms with Crippen LogP contribution < -0.4 is 0 Å². The maximum atomic E-state index is 12.8. The van der Waals surface area contributed by atoms with Crippen LogP contribution in [0.25, 0.3) is 16.8 Å². The first-order valence-electron chi connectivity index (χ1n) is 8.56. The Labute approximate surface area is 145 Å². The first-order chi connectivity index (χ1) is 12.2. The lowest BCUT2D eigenvalue weighted by atomic mass is 9.81. The zero-order chi connectivity index (χ0) is 17.0. The second kappa shape index (κ2) is 5.24. The second-order valence-corrected chi connectivity index (χ2v) is 6.76. The van der Waals surface area contributed by atoms with E-state index in [4.69, 9.17) is 4.98 Å². The minimum atomic E-state index is 0.168. The van der Waals surface area contributed by atoms with Crippen LogP contribution in [0.5, 0.6) is 0 Å². The molecule has 0 spiro atoms. The van der Waals surface area contributed by atoms with Crippen molar-refractivity contribution in [2.24, 2.45) is 0 Å². The number of nitrogens with zero attached hydrogens (tertiary/aromatic N) is 3. The third-order valence-corrected chi connectivity index (χ3v) is 5.18. The molecule has 2 heterocycles. The molecule has 1 aliphatic carbocycles. The van der Waals surface area contributed by atoms with E-state index < -0.39 is 0 Å². The number of benzene rings is 2. The summed E-state index contributed by atoms with van der Waals surface area (Å²) in [5, 5.41) is 0. The number of carbonyl (C=O) groups excluding carboxylic acids is 1. The largest absolute Gasteiger partial charge is 0.294 e. The van der Waals surface area contributed by atoms with Crippen LogP contribution in [-0.4, -0.2) is 20.2 Å². The second-order valence-electron chi connectivity index (χ2n) is 6.76. The van der Waals surface area contributed by atoms with Crippen molar-refractivity contribution in [2.75, 3.05) is 0 Å². The Hall–Kier alpha value is -3.01. The minimum absolute atomic E-state index is 0.168. The third kappa shape index (κ3) is 2.18. The first kappa shape index (κ1) is 14.3. The Morgan fingerprint density at radius 2 is 1.80 bits per heavy atom. The van der Waals surface area contributed by atoms with Crippen LogP contribution in [0.2, 0.25) is 0 Å². The standard InChI is InChI=1S/C21H17N3O/c1-13-6-2-3-7-15(13)14-10-18-16(20(25)11-14)12-24-19-9-5-4-8-17(19)22-21(24)23-18/h2-9,12,14H,10-11H2,1H3/t14-/m1/s1. The summed E-state index contributed by atoms with van der Waals surface area (Å²) in [5.41, 5.74) is 5.97. The Balaban J connectivity index is 1.66. The number of Topliss-reactive ketones (excluding diaryl/α,β-unsaturated/α-hetero) is 1. The maximum absolute atomic E-state index is 12.8. The summed E-state index contributed by atoms with van der Waals surface area (Å²) in [6.07, 6.45) is 3.24. The molecule has 4 heteroatoms. The van der Waals surface area contributed by atoms with E-state index in [0.29, 0.717) is 12.2 Å². The van der Waals surface area contributed by atoms with Crippen LogP contribution in [0.3, 0.4) is 0 Å². The van der Waals surface area contributed by atoms with Gasteiger partial charge in [0, 0.05) is 12.6 Å². The minimum Gasteiger partial charge on any atom is -0.294 e. The summed E-state index contributed by atoms with van der Waals surface area (Å²) in [4.78, 5) is 22.2. The van der Waals surface area contributed by atoms with E-state index >= 15 is 0 Å². The van der Waals surface area contributed by atoms with Crippen LogP contribution in [0, 0.1) is 6.92 Å². The summed E-state index contributed by atoms with van der Waals surface area (Å²) in [7, 11) is 0. The molecule has 1 aliphatic rings. The molecule has 122 valence electrons. The molecule has 4 aromatic rings. The van der Waals surface area contributed by atoms with Gasteiger partial charge in [0.25, 0.3) is 0 Å². The summed E-state index contributed by atoms with van der Waals surface area (Å²) in [6.45, 7) is 2.10. The molecule has 2 aromatic carbocycles. The van der Waals surface area contributed by atoms with E-state index in [0.717, 1.165) is 28.7 Å². The fraction of sp³-hybridized carbons (Fsp3) is 0.190. The highest BCUT2D eigenvalue weighted by Gasteiger charge is 2.29. The molecule has 0 saturated heterocycles. The molecule has 0 N–H and O–H groups in total. The van der Waals surface area contributed by atoms with Gasteiger partial charge in [-0.15, -0.1) is 0 Å². The van der Waals surface area contributed by atoms with Gasteiger partial charge in [0.1, 0.15) is 0 Å². The number of aryl methyl sites for hydroxylation is 1. The Kier molecular flexibility index (Phi) is 3.01. The number of fused-ring (bicyclic) bond motifs is 4. The van der Waals surface area contributed by atoms with Crippen LogP contribution in [0.1, 0.15) is 39.5 Å². The SMILES string of the molecule is Cc1ccccc1[C@H]1CC(=O)c2cn3c(nc2C1)nc1ccccc13. The van der Waals surface area contributed by atoms with Gasteiger partial charge in [0.15, 0.2) is 5.78 Å². The van der Waals surface area contributed by atoms with Gasteiger partial charge in [0.05, 0.1) is 22.3 Å². The molecule has 0 radical (unpaired) electrons. The Morgan fingerprint density at radius 1 is 1.00 bits per heavy atom. The molecule has 5 rings (SSSR count). The maximum Gasteiger partial charge on any atom is 0.235 e. The molecule has 0 fully saturated rings. The quantitative estimate of drug-likeness (QED) is 0.529. The molecular weight excluding hydrogens is 310 g/mol. The van der Waals surface area contributed by atoms with Gasteiger partial charge < -0.3 is 0 Å². The number of rotatable bonds is 1. The van der Waals surface area contributed by atoms with Gasteiger partial charge in [-0.25, -0.2) is 9.97 Å². The summed E-state index contributed by atoms with van der Waals surface area (Å²) in [5.74, 6) is 1.03. The number of carbonyl (C=O) groups is 1. The van der Waals surface area contributed by atoms with Crippen LogP contribution in [0.4, 0.5) is 0 Å². The molecular formula is C21H17N3O. The zero-order valence-electron chi connectivity index (χ0n) is 13.9. The van der Waals surface area contributed by atoms with Crippen molar-refractivity contribution >= 4 is 22.6 Å². The van der Waals surface area contributed by atoms with E-state index in [9.17, 15) is 4.79 Å². The molecule has 0 bridgehead atoms. The predicted molar refractivity (Wildman–Crippen MR) is 97.1 cm³/mol. The molecule has 0 saturated carbocycles. The molecule has 0 amide bonds. The van der Waals surface area contributed by atoms with Crippen molar-refractivity contribution in [3.05, 3.63) is 77.1 Å². The third-order valence-electron chi connectivity index (χ3n) is 5.18. The van der Waals surface area contributed by atoms with Gasteiger partial charge in [-0.3, -0.25) is 9.20 Å². The van der Waals surface area contributed by atoms with E-state index in [1.165, 1.54) is 11.1 Å². The van der Waals surface area contributed by atoms with Crippen LogP contribution >= 0.6 is 0 Å². The lowest BCUT2D eigenvalue weighted by Gasteiger charge is -2.24. The lowest BCUT2D eigenvalue weighted by Crippen LogP contribution is -2.21. The monoisotopic (exact) mass is 327 g/mol. The first-order valence-corrected chi connectivity index (χ1v) is 8.56. The van der Waals surface area contributed by atoms with Crippen molar-refractivity contribution in [2.45, 2.75) is 25.7 Å². The number of hydrogen-bond acceptors (Lipinski definition) is 3. The fourth-order valence-electron chi connectivity index (χ4n) is 3.92. The smallest absolute Gasteiger partial charge is 0.235 e. The fourth-order valence-corrected chi connectivity index (χ4v) is 3.92. The summed E-state index contributed by atoms with van der Waals surface area (Å²) >= 11 is 0. The van der Waals surface area contributed by atoms with Crippen molar-refractivity contribution in [3.8, 4) is 0 Å². The average Bonchev–Trinajstić information content (AvgIpc) is 2.98. The number of ketones is 1. The molecule has 0 aliphatic heterocycles. The molecule has 2 aromatic heterocycles. The van der Waals surface area contributed by atoms with Gasteiger partial charge >= 0.3 is 0 Å². The predicted octanol–water partition coefficient (Wildman–Crippen LogP) is 4.10. The molecule has 4 nitrogen and oxygen atoms in total. The van der Waals surface area contributed by atoms with Gasteiger partial charge in [0.2, 0.25) is 5.78 Å². The van der Waals surface area contributed by atoms with Crippen molar-refractivity contribution < 1.29 is 4.79 Å². The van der Waals surface area contributed by atoms with E-state index in [1.807, 2.05) is 47.0 Å². The molecule has 0 unspecified atom stereocenters. The Bertz CT molecular complexity index is 1140. The Morgan fingerprint density at radius 3 is 2.68 bits per heavy atom. The van der Waals surface area contributed by atoms with Gasteiger partial charge in [-0.2, -0.15) is 0 Å². The lowest BCUT2D eigenvalue weighted by molar-refractivity contribution is 0.0962. The summed E-state index contributed by atoms with van der Waals surface area (Å²) in [6, 6.07) is 16.2. The number of imidazole rings is 1.